The van der Waals surface area contributed by atoms with Crippen LogP contribution in [0.1, 0.15) is 24.1 Å². The second kappa shape index (κ2) is 6.12. The number of hydrogen-bond donors (Lipinski definition) is 1. The third kappa shape index (κ3) is 2.98. The standard InChI is InChI=1S/C15H15BrFN/c1-2-18-15(11-7-9-12(16)10-8-11)13-5-3-4-6-14(13)17/h3-10,15,18H,2H2,1H3. The van der Waals surface area contributed by atoms with Crippen LogP contribution in [0.3, 0.4) is 0 Å². The summed E-state index contributed by atoms with van der Waals surface area (Å²) in [5.41, 5.74) is 1.74. The highest BCUT2D eigenvalue weighted by molar-refractivity contribution is 9.10. The van der Waals surface area contributed by atoms with E-state index in [1.165, 1.54) is 6.07 Å². The second-order valence-electron chi connectivity index (χ2n) is 4.06. The molecule has 0 radical (unpaired) electrons. The Labute approximate surface area is 115 Å². The van der Waals surface area contributed by atoms with Gasteiger partial charge in [0.05, 0.1) is 6.04 Å². The number of rotatable bonds is 4. The molecular weight excluding hydrogens is 293 g/mol. The summed E-state index contributed by atoms with van der Waals surface area (Å²) in [6.45, 7) is 2.81. The van der Waals surface area contributed by atoms with Gasteiger partial charge in [-0.1, -0.05) is 53.2 Å². The molecule has 0 spiro atoms. The molecule has 0 aromatic heterocycles. The Bertz CT molecular complexity index is 510. The highest BCUT2D eigenvalue weighted by Crippen LogP contribution is 2.25. The Morgan fingerprint density at radius 1 is 1.11 bits per heavy atom. The lowest BCUT2D eigenvalue weighted by Gasteiger charge is -2.19. The van der Waals surface area contributed by atoms with Crippen molar-refractivity contribution in [3.8, 4) is 0 Å². The van der Waals surface area contributed by atoms with Gasteiger partial charge in [-0.3, -0.25) is 0 Å². The summed E-state index contributed by atoms with van der Waals surface area (Å²) in [7, 11) is 0. The zero-order valence-electron chi connectivity index (χ0n) is 10.2. The summed E-state index contributed by atoms with van der Waals surface area (Å²) in [6.07, 6.45) is 0. The van der Waals surface area contributed by atoms with Gasteiger partial charge in [0.15, 0.2) is 0 Å². The molecule has 0 aliphatic heterocycles. The molecule has 0 aliphatic rings. The zero-order chi connectivity index (χ0) is 13.0. The minimum Gasteiger partial charge on any atom is -0.306 e. The van der Waals surface area contributed by atoms with Crippen LogP contribution in [0.25, 0.3) is 0 Å². The lowest BCUT2D eigenvalue weighted by Crippen LogP contribution is -2.22. The van der Waals surface area contributed by atoms with Crippen molar-refractivity contribution in [3.05, 3.63) is 69.9 Å². The van der Waals surface area contributed by atoms with Gasteiger partial charge in [0.2, 0.25) is 0 Å². The van der Waals surface area contributed by atoms with Crippen molar-refractivity contribution < 1.29 is 4.39 Å². The van der Waals surface area contributed by atoms with E-state index in [0.29, 0.717) is 5.56 Å². The van der Waals surface area contributed by atoms with E-state index in [4.69, 9.17) is 0 Å². The third-order valence-corrected chi connectivity index (χ3v) is 3.36. The molecule has 18 heavy (non-hydrogen) atoms. The van der Waals surface area contributed by atoms with Crippen LogP contribution in [0.5, 0.6) is 0 Å². The summed E-state index contributed by atoms with van der Waals surface area (Å²) >= 11 is 3.41. The smallest absolute Gasteiger partial charge is 0.128 e. The summed E-state index contributed by atoms with van der Waals surface area (Å²) in [6, 6.07) is 14.7. The van der Waals surface area contributed by atoms with Gasteiger partial charge >= 0.3 is 0 Å². The first-order chi connectivity index (χ1) is 8.72. The summed E-state index contributed by atoms with van der Waals surface area (Å²) in [5.74, 6) is -0.175. The van der Waals surface area contributed by atoms with E-state index in [9.17, 15) is 4.39 Å². The maximum atomic E-state index is 13.9. The molecule has 2 aromatic rings. The van der Waals surface area contributed by atoms with Crippen molar-refractivity contribution in [1.82, 2.24) is 5.32 Å². The molecule has 1 nitrogen and oxygen atoms in total. The van der Waals surface area contributed by atoms with Crippen molar-refractivity contribution in [2.75, 3.05) is 6.54 Å². The van der Waals surface area contributed by atoms with Crippen LogP contribution in [0, 0.1) is 5.82 Å². The quantitative estimate of drug-likeness (QED) is 0.888. The van der Waals surface area contributed by atoms with E-state index in [2.05, 4.69) is 21.2 Å². The van der Waals surface area contributed by atoms with Gasteiger partial charge in [-0.05, 0) is 30.3 Å². The highest BCUT2D eigenvalue weighted by Gasteiger charge is 2.16. The van der Waals surface area contributed by atoms with Crippen LogP contribution in [-0.2, 0) is 0 Å². The van der Waals surface area contributed by atoms with Gasteiger partial charge < -0.3 is 5.32 Å². The van der Waals surface area contributed by atoms with E-state index in [0.717, 1.165) is 16.6 Å². The Hall–Kier alpha value is -1.19. The van der Waals surface area contributed by atoms with Gasteiger partial charge in [-0.2, -0.15) is 0 Å². The Kier molecular flexibility index (Phi) is 4.50. The number of halogens is 2. The van der Waals surface area contributed by atoms with E-state index in [-0.39, 0.29) is 11.9 Å². The minimum atomic E-state index is -0.175. The van der Waals surface area contributed by atoms with Crippen molar-refractivity contribution in [3.63, 3.8) is 0 Å². The number of benzene rings is 2. The van der Waals surface area contributed by atoms with Gasteiger partial charge in [0.25, 0.3) is 0 Å². The summed E-state index contributed by atoms with van der Waals surface area (Å²) < 4.78 is 14.9. The monoisotopic (exact) mass is 307 g/mol. The zero-order valence-corrected chi connectivity index (χ0v) is 11.7. The molecule has 2 aromatic carbocycles. The van der Waals surface area contributed by atoms with Crippen LogP contribution in [-0.4, -0.2) is 6.54 Å². The lowest BCUT2D eigenvalue weighted by molar-refractivity contribution is 0.559. The Morgan fingerprint density at radius 3 is 2.39 bits per heavy atom. The molecule has 1 unspecified atom stereocenters. The molecule has 1 N–H and O–H groups in total. The van der Waals surface area contributed by atoms with Crippen molar-refractivity contribution in [1.29, 1.82) is 0 Å². The predicted molar refractivity (Wildman–Crippen MR) is 76.1 cm³/mol. The summed E-state index contributed by atoms with van der Waals surface area (Å²) in [4.78, 5) is 0. The maximum absolute atomic E-state index is 13.9. The first-order valence-corrected chi connectivity index (χ1v) is 6.75. The van der Waals surface area contributed by atoms with E-state index in [1.54, 1.807) is 6.07 Å². The fourth-order valence-electron chi connectivity index (χ4n) is 1.98. The Morgan fingerprint density at radius 2 is 1.78 bits per heavy atom. The molecule has 0 saturated carbocycles. The molecule has 0 heterocycles. The molecule has 1 atom stereocenters. The van der Waals surface area contributed by atoms with Gasteiger partial charge in [-0.25, -0.2) is 4.39 Å². The van der Waals surface area contributed by atoms with Gasteiger partial charge in [-0.15, -0.1) is 0 Å². The van der Waals surface area contributed by atoms with Crippen LogP contribution < -0.4 is 5.32 Å². The molecule has 0 bridgehead atoms. The van der Waals surface area contributed by atoms with E-state index >= 15 is 0 Å². The predicted octanol–water partition coefficient (Wildman–Crippen LogP) is 4.29. The summed E-state index contributed by atoms with van der Waals surface area (Å²) in [5, 5.41) is 3.32. The van der Waals surface area contributed by atoms with Crippen LogP contribution in [0.15, 0.2) is 53.0 Å². The van der Waals surface area contributed by atoms with Crippen LogP contribution >= 0.6 is 15.9 Å². The molecule has 0 amide bonds. The minimum absolute atomic E-state index is 0.107. The fraction of sp³-hybridized carbons (Fsp3) is 0.200. The first kappa shape index (κ1) is 13.2. The SMILES string of the molecule is CCNC(c1ccc(Br)cc1)c1ccccc1F. The number of hydrogen-bond acceptors (Lipinski definition) is 1. The van der Waals surface area contributed by atoms with Crippen molar-refractivity contribution in [2.45, 2.75) is 13.0 Å². The van der Waals surface area contributed by atoms with Gasteiger partial charge in [0.1, 0.15) is 5.82 Å². The van der Waals surface area contributed by atoms with E-state index in [1.807, 2.05) is 43.3 Å². The molecule has 0 saturated heterocycles. The van der Waals surface area contributed by atoms with Gasteiger partial charge in [0, 0.05) is 10.0 Å². The Balaban J connectivity index is 2.40. The normalized spacial score (nSPS) is 12.4. The van der Waals surface area contributed by atoms with E-state index < -0.39 is 0 Å². The highest BCUT2D eigenvalue weighted by atomic mass is 79.9. The maximum Gasteiger partial charge on any atom is 0.128 e. The molecule has 3 heteroatoms. The fourth-order valence-corrected chi connectivity index (χ4v) is 2.24. The third-order valence-electron chi connectivity index (χ3n) is 2.83. The average molecular weight is 308 g/mol. The van der Waals surface area contributed by atoms with Crippen molar-refractivity contribution in [2.24, 2.45) is 0 Å². The molecule has 94 valence electrons. The molecule has 2 rings (SSSR count). The topological polar surface area (TPSA) is 12.0 Å². The van der Waals surface area contributed by atoms with Crippen LogP contribution in [0.2, 0.25) is 0 Å². The molecule has 0 fully saturated rings. The number of nitrogens with one attached hydrogen (secondary N) is 1. The van der Waals surface area contributed by atoms with Crippen molar-refractivity contribution >= 4 is 15.9 Å². The average Bonchev–Trinajstić information content (AvgIpc) is 2.38. The largest absolute Gasteiger partial charge is 0.306 e. The second-order valence-corrected chi connectivity index (χ2v) is 4.98. The molecular formula is C15H15BrFN. The lowest BCUT2D eigenvalue weighted by atomic mass is 9.98. The molecule has 0 aliphatic carbocycles. The van der Waals surface area contributed by atoms with Crippen LogP contribution in [0.4, 0.5) is 4.39 Å². The first-order valence-electron chi connectivity index (χ1n) is 5.95.